The first-order valence-electron chi connectivity index (χ1n) is 6.75. The molecule has 0 N–H and O–H groups in total. The fourth-order valence-electron chi connectivity index (χ4n) is 1.81. The molecular weight excluding hydrogens is 267 g/mol. The van der Waals surface area contributed by atoms with Gasteiger partial charge in [0.15, 0.2) is 0 Å². The minimum atomic E-state index is 0.484. The third-order valence-electron chi connectivity index (χ3n) is 2.91. The van der Waals surface area contributed by atoms with Crippen LogP contribution in [0, 0.1) is 0 Å². The van der Waals surface area contributed by atoms with Gasteiger partial charge in [0.25, 0.3) is 0 Å². The van der Waals surface area contributed by atoms with Crippen LogP contribution in [0.5, 0.6) is 5.75 Å². The Morgan fingerprint density at radius 1 is 1.06 bits per heavy atom. The van der Waals surface area contributed by atoms with Crippen LogP contribution in [0.15, 0.2) is 18.2 Å². The maximum absolute atomic E-state index is 6.11. The summed E-state index contributed by atoms with van der Waals surface area (Å²) in [6.07, 6.45) is 7.60. The van der Waals surface area contributed by atoms with Gasteiger partial charge in [-0.05, 0) is 24.1 Å². The zero-order valence-electron chi connectivity index (χ0n) is 11.1. The summed E-state index contributed by atoms with van der Waals surface area (Å²) in [5, 5.41) is 0.652. The molecule has 0 bridgehead atoms. The Morgan fingerprint density at radius 2 is 1.78 bits per heavy atom. The van der Waals surface area contributed by atoms with Crippen LogP contribution in [-0.2, 0) is 5.88 Å². The molecule has 0 spiro atoms. The molecule has 0 fully saturated rings. The number of hydrogen-bond donors (Lipinski definition) is 0. The molecule has 18 heavy (non-hydrogen) atoms. The highest BCUT2D eigenvalue weighted by Crippen LogP contribution is 2.26. The quantitative estimate of drug-likeness (QED) is 0.411. The minimum absolute atomic E-state index is 0.484. The van der Waals surface area contributed by atoms with Crippen molar-refractivity contribution in [2.75, 3.05) is 6.61 Å². The average Bonchev–Trinajstić information content (AvgIpc) is 2.39. The molecule has 0 aliphatic heterocycles. The Labute approximate surface area is 120 Å². The highest BCUT2D eigenvalue weighted by molar-refractivity contribution is 6.32. The van der Waals surface area contributed by atoms with Gasteiger partial charge in [0.1, 0.15) is 5.75 Å². The van der Waals surface area contributed by atoms with Gasteiger partial charge in [-0.15, -0.1) is 11.6 Å². The average molecular weight is 289 g/mol. The van der Waals surface area contributed by atoms with E-state index >= 15 is 0 Å². The van der Waals surface area contributed by atoms with E-state index in [1.807, 2.05) is 18.2 Å². The van der Waals surface area contributed by atoms with Gasteiger partial charge in [0.05, 0.1) is 11.6 Å². The molecule has 1 aromatic carbocycles. The maximum Gasteiger partial charge on any atom is 0.137 e. The van der Waals surface area contributed by atoms with Crippen molar-refractivity contribution in [1.29, 1.82) is 0 Å². The summed E-state index contributed by atoms with van der Waals surface area (Å²) >= 11 is 11.8. The number of unbranched alkanes of at least 4 members (excludes halogenated alkanes) is 5. The molecule has 0 unspecified atom stereocenters. The zero-order chi connectivity index (χ0) is 13.2. The molecule has 0 saturated heterocycles. The summed E-state index contributed by atoms with van der Waals surface area (Å²) in [5.41, 5.74) is 1.02. The van der Waals surface area contributed by atoms with Crippen LogP contribution in [0.2, 0.25) is 5.02 Å². The molecule has 3 heteroatoms. The molecule has 102 valence electrons. The Morgan fingerprint density at radius 3 is 2.44 bits per heavy atom. The summed E-state index contributed by atoms with van der Waals surface area (Å²) in [6.45, 7) is 2.97. The minimum Gasteiger partial charge on any atom is -0.492 e. The van der Waals surface area contributed by atoms with Gasteiger partial charge in [0, 0.05) is 5.88 Å². The second-order valence-corrected chi connectivity index (χ2v) is 5.19. The molecule has 1 aromatic rings. The first kappa shape index (κ1) is 15.7. The number of benzene rings is 1. The molecule has 0 atom stereocenters. The fourth-order valence-corrected chi connectivity index (χ4v) is 2.23. The van der Waals surface area contributed by atoms with E-state index in [0.29, 0.717) is 10.9 Å². The predicted octanol–water partition coefficient (Wildman–Crippen LogP) is 5.82. The first-order valence-corrected chi connectivity index (χ1v) is 7.66. The van der Waals surface area contributed by atoms with E-state index in [4.69, 9.17) is 27.9 Å². The van der Waals surface area contributed by atoms with Gasteiger partial charge in [-0.2, -0.15) is 0 Å². The third kappa shape index (κ3) is 5.97. The Balaban J connectivity index is 2.19. The van der Waals surface area contributed by atoms with Crippen LogP contribution in [0.3, 0.4) is 0 Å². The van der Waals surface area contributed by atoms with Crippen LogP contribution >= 0.6 is 23.2 Å². The van der Waals surface area contributed by atoms with Crippen molar-refractivity contribution in [3.8, 4) is 5.75 Å². The van der Waals surface area contributed by atoms with E-state index in [2.05, 4.69) is 6.92 Å². The van der Waals surface area contributed by atoms with E-state index in [1.54, 1.807) is 0 Å². The molecule has 0 aliphatic carbocycles. The van der Waals surface area contributed by atoms with Gasteiger partial charge in [-0.3, -0.25) is 0 Å². The highest BCUT2D eigenvalue weighted by Gasteiger charge is 2.02. The van der Waals surface area contributed by atoms with E-state index in [1.165, 1.54) is 32.1 Å². The molecule has 1 nitrogen and oxygen atoms in total. The summed E-state index contributed by atoms with van der Waals surface area (Å²) in [6, 6.07) is 5.72. The molecule has 0 saturated carbocycles. The molecule has 0 aromatic heterocycles. The van der Waals surface area contributed by atoms with Crippen molar-refractivity contribution in [2.45, 2.75) is 51.3 Å². The summed E-state index contributed by atoms with van der Waals surface area (Å²) in [5.74, 6) is 1.25. The van der Waals surface area contributed by atoms with Crippen molar-refractivity contribution in [3.05, 3.63) is 28.8 Å². The van der Waals surface area contributed by atoms with E-state index < -0.39 is 0 Å². The Kier molecular flexibility index (Phi) is 8.28. The lowest BCUT2D eigenvalue weighted by Gasteiger charge is -2.08. The molecule has 0 aliphatic rings. The number of rotatable bonds is 9. The summed E-state index contributed by atoms with van der Waals surface area (Å²) in [4.78, 5) is 0. The molecule has 0 radical (unpaired) electrons. The van der Waals surface area contributed by atoms with Crippen LogP contribution in [0.4, 0.5) is 0 Å². The van der Waals surface area contributed by atoms with Crippen molar-refractivity contribution in [3.63, 3.8) is 0 Å². The molecular formula is C15H22Cl2O. The van der Waals surface area contributed by atoms with Crippen molar-refractivity contribution in [1.82, 2.24) is 0 Å². The molecule has 0 amide bonds. The SMILES string of the molecule is CCCCCCCCOc1ccc(CCl)cc1Cl. The third-order valence-corrected chi connectivity index (χ3v) is 3.51. The van der Waals surface area contributed by atoms with Crippen LogP contribution in [0.1, 0.15) is 51.0 Å². The predicted molar refractivity (Wildman–Crippen MR) is 79.9 cm³/mol. The maximum atomic E-state index is 6.11. The number of halogens is 2. The second kappa shape index (κ2) is 9.52. The van der Waals surface area contributed by atoms with Gasteiger partial charge in [0.2, 0.25) is 0 Å². The van der Waals surface area contributed by atoms with Crippen LogP contribution in [0.25, 0.3) is 0 Å². The van der Waals surface area contributed by atoms with Crippen molar-refractivity contribution < 1.29 is 4.74 Å². The van der Waals surface area contributed by atoms with Crippen LogP contribution in [-0.4, -0.2) is 6.61 Å². The van der Waals surface area contributed by atoms with Gasteiger partial charge in [-0.1, -0.05) is 56.7 Å². The van der Waals surface area contributed by atoms with Crippen LogP contribution < -0.4 is 4.74 Å². The normalized spacial score (nSPS) is 10.6. The van der Waals surface area contributed by atoms with E-state index in [9.17, 15) is 0 Å². The first-order chi connectivity index (χ1) is 8.77. The van der Waals surface area contributed by atoms with Gasteiger partial charge >= 0.3 is 0 Å². The molecule has 0 heterocycles. The monoisotopic (exact) mass is 288 g/mol. The summed E-state index contributed by atoms with van der Waals surface area (Å²) in [7, 11) is 0. The van der Waals surface area contributed by atoms with Crippen molar-refractivity contribution in [2.24, 2.45) is 0 Å². The smallest absolute Gasteiger partial charge is 0.137 e. The lowest BCUT2D eigenvalue weighted by Crippen LogP contribution is -1.98. The second-order valence-electron chi connectivity index (χ2n) is 4.51. The lowest BCUT2D eigenvalue weighted by molar-refractivity contribution is 0.304. The van der Waals surface area contributed by atoms with E-state index in [0.717, 1.165) is 24.3 Å². The highest BCUT2D eigenvalue weighted by atomic mass is 35.5. The number of hydrogen-bond acceptors (Lipinski definition) is 1. The topological polar surface area (TPSA) is 9.23 Å². The lowest BCUT2D eigenvalue weighted by atomic mass is 10.1. The Bertz CT molecular complexity index is 339. The largest absolute Gasteiger partial charge is 0.492 e. The van der Waals surface area contributed by atoms with E-state index in [-0.39, 0.29) is 0 Å². The van der Waals surface area contributed by atoms with Gasteiger partial charge < -0.3 is 4.74 Å². The molecule has 1 rings (SSSR count). The van der Waals surface area contributed by atoms with Crippen molar-refractivity contribution >= 4 is 23.2 Å². The summed E-state index contributed by atoms with van der Waals surface area (Å²) < 4.78 is 5.67. The standard InChI is InChI=1S/C15H22Cl2O/c1-2-3-4-5-6-7-10-18-15-9-8-13(12-16)11-14(15)17/h8-9,11H,2-7,10,12H2,1H3. The van der Waals surface area contributed by atoms with Gasteiger partial charge in [-0.25, -0.2) is 0 Å². The Hall–Kier alpha value is -0.400. The number of ether oxygens (including phenoxy) is 1. The fraction of sp³-hybridized carbons (Fsp3) is 0.600. The number of alkyl halides is 1. The zero-order valence-corrected chi connectivity index (χ0v) is 12.6.